The molecular formula is C28H32BrN3O4S. The normalized spacial score (nSPS) is 10.5. The Hall–Kier alpha value is -3.30. The second kappa shape index (κ2) is 13.9. The van der Waals surface area contributed by atoms with Gasteiger partial charge >= 0.3 is 6.03 Å². The maximum Gasteiger partial charge on any atom is 0.322 e. The van der Waals surface area contributed by atoms with Crippen LogP contribution in [-0.2, 0) is 17.8 Å². The SMILES string of the molecule is C=CCN(CC(=O)N(CCc1ccc(OC)c(OC)c1)Cc1sccc1C)C(=O)Nc1ccccc1Br. The van der Waals surface area contributed by atoms with Gasteiger partial charge in [0.15, 0.2) is 11.5 Å². The zero-order valence-corrected chi connectivity index (χ0v) is 23.7. The van der Waals surface area contributed by atoms with Crippen molar-refractivity contribution in [1.82, 2.24) is 9.80 Å². The van der Waals surface area contributed by atoms with Gasteiger partial charge in [-0.3, -0.25) is 4.79 Å². The zero-order valence-electron chi connectivity index (χ0n) is 21.3. The van der Waals surface area contributed by atoms with Gasteiger partial charge in [0.05, 0.1) is 26.5 Å². The first-order valence-electron chi connectivity index (χ1n) is 11.8. The number of ether oxygens (including phenoxy) is 2. The number of para-hydroxylation sites is 1. The third-order valence-corrected chi connectivity index (χ3v) is 7.55. The Bertz CT molecular complexity index is 1230. The Morgan fingerprint density at radius 3 is 2.49 bits per heavy atom. The van der Waals surface area contributed by atoms with Crippen molar-refractivity contribution in [3.8, 4) is 11.5 Å². The zero-order chi connectivity index (χ0) is 26.8. The Kier molecular flexibility index (Phi) is 10.6. The number of hydrogen-bond donors (Lipinski definition) is 1. The Labute approximate surface area is 230 Å². The lowest BCUT2D eigenvalue weighted by atomic mass is 10.1. The van der Waals surface area contributed by atoms with E-state index in [-0.39, 0.29) is 25.0 Å². The first kappa shape index (κ1) is 28.3. The van der Waals surface area contributed by atoms with E-state index in [0.29, 0.717) is 36.7 Å². The molecule has 0 aliphatic rings. The quantitative estimate of drug-likeness (QED) is 0.260. The van der Waals surface area contributed by atoms with Crippen LogP contribution in [-0.4, -0.2) is 55.6 Å². The van der Waals surface area contributed by atoms with E-state index in [1.165, 1.54) is 4.90 Å². The highest BCUT2D eigenvalue weighted by atomic mass is 79.9. The van der Waals surface area contributed by atoms with Crippen LogP contribution in [0.2, 0.25) is 0 Å². The van der Waals surface area contributed by atoms with Gasteiger partial charge in [-0.25, -0.2) is 4.79 Å². The van der Waals surface area contributed by atoms with Gasteiger partial charge in [-0.15, -0.1) is 17.9 Å². The fourth-order valence-electron chi connectivity index (χ4n) is 3.73. The number of aryl methyl sites for hydroxylation is 1. The molecule has 0 aliphatic heterocycles. The van der Waals surface area contributed by atoms with E-state index in [1.54, 1.807) is 42.6 Å². The van der Waals surface area contributed by atoms with E-state index in [2.05, 4.69) is 27.8 Å². The van der Waals surface area contributed by atoms with Crippen LogP contribution >= 0.6 is 27.3 Å². The smallest absolute Gasteiger partial charge is 0.322 e. The number of amides is 3. The van der Waals surface area contributed by atoms with Gasteiger partial charge in [-0.2, -0.15) is 0 Å². The average molecular weight is 587 g/mol. The van der Waals surface area contributed by atoms with E-state index in [1.807, 2.05) is 54.8 Å². The number of nitrogens with one attached hydrogen (secondary N) is 1. The van der Waals surface area contributed by atoms with Crippen LogP contribution in [0.1, 0.15) is 16.0 Å². The number of nitrogens with zero attached hydrogens (tertiary/aromatic N) is 2. The summed E-state index contributed by atoms with van der Waals surface area (Å²) in [6.07, 6.45) is 2.24. The Morgan fingerprint density at radius 1 is 1.08 bits per heavy atom. The van der Waals surface area contributed by atoms with Crippen molar-refractivity contribution in [2.75, 3.05) is 39.2 Å². The molecule has 0 bridgehead atoms. The molecule has 0 spiro atoms. The van der Waals surface area contributed by atoms with Crippen molar-refractivity contribution in [1.29, 1.82) is 0 Å². The molecule has 0 radical (unpaired) electrons. The van der Waals surface area contributed by atoms with E-state index in [9.17, 15) is 9.59 Å². The predicted molar refractivity (Wildman–Crippen MR) is 153 cm³/mol. The second-order valence-electron chi connectivity index (χ2n) is 8.36. The van der Waals surface area contributed by atoms with Crippen LogP contribution in [0.25, 0.3) is 0 Å². The maximum atomic E-state index is 13.6. The molecule has 0 aliphatic carbocycles. The number of hydrogen-bond acceptors (Lipinski definition) is 5. The molecule has 9 heteroatoms. The number of methoxy groups -OCH3 is 2. The Balaban J connectivity index is 1.76. The number of rotatable bonds is 12. The minimum atomic E-state index is -0.368. The van der Waals surface area contributed by atoms with Gasteiger partial charge in [-0.05, 0) is 76.1 Å². The molecule has 7 nitrogen and oxygen atoms in total. The summed E-state index contributed by atoms with van der Waals surface area (Å²) < 4.78 is 11.5. The number of anilines is 1. The monoisotopic (exact) mass is 585 g/mol. The number of carbonyl (C=O) groups is 2. The molecular weight excluding hydrogens is 554 g/mol. The lowest BCUT2D eigenvalue weighted by Gasteiger charge is -2.27. The standard InChI is InChI=1S/C28H32BrN3O4S/c1-5-14-32(28(34)30-23-9-7-6-8-22(23)29)19-27(33)31(18-26-20(2)13-16-37-26)15-12-21-10-11-24(35-3)25(17-21)36-4/h5-11,13,16-17H,1,12,14-15,18-19H2,2-4H3,(H,30,34). The second-order valence-corrected chi connectivity index (χ2v) is 10.2. The van der Waals surface area contributed by atoms with Crippen molar-refractivity contribution in [2.24, 2.45) is 0 Å². The number of halogens is 1. The minimum Gasteiger partial charge on any atom is -0.493 e. The van der Waals surface area contributed by atoms with Crippen LogP contribution in [0.4, 0.5) is 10.5 Å². The van der Waals surface area contributed by atoms with Crippen molar-refractivity contribution in [3.63, 3.8) is 0 Å². The summed E-state index contributed by atoms with van der Waals surface area (Å²) in [6.45, 7) is 6.93. The van der Waals surface area contributed by atoms with Gasteiger partial charge in [0.1, 0.15) is 6.54 Å². The highest BCUT2D eigenvalue weighted by Gasteiger charge is 2.22. The highest BCUT2D eigenvalue weighted by Crippen LogP contribution is 2.28. The van der Waals surface area contributed by atoms with E-state index < -0.39 is 0 Å². The molecule has 3 amide bonds. The molecule has 0 unspecified atom stereocenters. The molecule has 1 heterocycles. The summed E-state index contributed by atoms with van der Waals surface area (Å²) in [7, 11) is 3.20. The van der Waals surface area contributed by atoms with Crippen molar-refractivity contribution < 1.29 is 19.1 Å². The van der Waals surface area contributed by atoms with Gasteiger partial charge in [0.2, 0.25) is 5.91 Å². The molecule has 3 rings (SSSR count). The molecule has 0 atom stereocenters. The van der Waals surface area contributed by atoms with E-state index in [4.69, 9.17) is 9.47 Å². The van der Waals surface area contributed by atoms with Crippen LogP contribution in [0.3, 0.4) is 0 Å². The number of benzene rings is 2. The fourth-order valence-corrected chi connectivity index (χ4v) is 5.03. The first-order valence-corrected chi connectivity index (χ1v) is 13.5. The molecule has 0 saturated carbocycles. The summed E-state index contributed by atoms with van der Waals surface area (Å²) in [5.74, 6) is 1.16. The lowest BCUT2D eigenvalue weighted by Crippen LogP contribution is -2.45. The summed E-state index contributed by atoms with van der Waals surface area (Å²) in [5.41, 5.74) is 2.80. The number of carbonyl (C=O) groups excluding carboxylic acids is 2. The molecule has 1 N–H and O–H groups in total. The van der Waals surface area contributed by atoms with Crippen LogP contribution in [0.5, 0.6) is 11.5 Å². The van der Waals surface area contributed by atoms with Crippen LogP contribution in [0, 0.1) is 6.92 Å². The van der Waals surface area contributed by atoms with Crippen molar-refractivity contribution >= 4 is 44.9 Å². The molecule has 3 aromatic rings. The fraction of sp³-hybridized carbons (Fsp3) is 0.286. The predicted octanol–water partition coefficient (Wildman–Crippen LogP) is 6.13. The van der Waals surface area contributed by atoms with Gasteiger partial charge in [-0.1, -0.05) is 24.3 Å². The largest absolute Gasteiger partial charge is 0.493 e. The molecule has 2 aromatic carbocycles. The molecule has 1 aromatic heterocycles. The molecule has 196 valence electrons. The third kappa shape index (κ3) is 7.84. The van der Waals surface area contributed by atoms with E-state index in [0.717, 1.165) is 20.5 Å². The van der Waals surface area contributed by atoms with Gasteiger partial charge < -0.3 is 24.6 Å². The third-order valence-electron chi connectivity index (χ3n) is 5.85. The van der Waals surface area contributed by atoms with Gasteiger partial charge in [0, 0.05) is 22.4 Å². The van der Waals surface area contributed by atoms with Crippen molar-refractivity contribution in [2.45, 2.75) is 19.9 Å². The van der Waals surface area contributed by atoms with Crippen molar-refractivity contribution in [3.05, 3.63) is 87.0 Å². The summed E-state index contributed by atoms with van der Waals surface area (Å²) in [6, 6.07) is 14.8. The maximum absolute atomic E-state index is 13.6. The molecule has 37 heavy (non-hydrogen) atoms. The Morgan fingerprint density at radius 2 is 1.84 bits per heavy atom. The molecule has 0 saturated heterocycles. The lowest BCUT2D eigenvalue weighted by molar-refractivity contribution is -0.132. The van der Waals surface area contributed by atoms with Gasteiger partial charge in [0.25, 0.3) is 0 Å². The summed E-state index contributed by atoms with van der Waals surface area (Å²) >= 11 is 5.07. The van der Waals surface area contributed by atoms with Crippen LogP contribution in [0.15, 0.2) is 71.0 Å². The average Bonchev–Trinajstić information content (AvgIpc) is 3.31. The van der Waals surface area contributed by atoms with E-state index >= 15 is 0 Å². The minimum absolute atomic E-state index is 0.0708. The van der Waals surface area contributed by atoms with Crippen LogP contribution < -0.4 is 14.8 Å². The molecule has 0 fully saturated rings. The first-order chi connectivity index (χ1) is 17.9. The highest BCUT2D eigenvalue weighted by molar-refractivity contribution is 9.10. The topological polar surface area (TPSA) is 71.1 Å². The summed E-state index contributed by atoms with van der Waals surface area (Å²) in [4.78, 5) is 31.0. The number of urea groups is 1. The summed E-state index contributed by atoms with van der Waals surface area (Å²) in [5, 5.41) is 4.90. The number of thiophene rings is 1.